The van der Waals surface area contributed by atoms with Crippen molar-refractivity contribution in [3.63, 3.8) is 0 Å². The van der Waals surface area contributed by atoms with Crippen molar-refractivity contribution < 1.29 is 29.4 Å². The molecule has 8 nitrogen and oxygen atoms in total. The summed E-state index contributed by atoms with van der Waals surface area (Å²) in [4.78, 5) is 40.3. The van der Waals surface area contributed by atoms with Crippen molar-refractivity contribution in [1.29, 1.82) is 0 Å². The predicted octanol–water partition coefficient (Wildman–Crippen LogP) is -1.25. The van der Waals surface area contributed by atoms with Gasteiger partial charge in [0.2, 0.25) is 0 Å². The molecule has 0 aliphatic rings. The number of hydrogen-bond donors (Lipinski definition) is 4. The summed E-state index contributed by atoms with van der Waals surface area (Å²) in [6, 6.07) is -2.08. The van der Waals surface area contributed by atoms with Crippen LogP contribution >= 0.6 is 0 Å². The van der Waals surface area contributed by atoms with Crippen LogP contribution in [-0.4, -0.2) is 45.8 Å². The molecule has 0 aromatic rings. The van der Waals surface area contributed by atoms with Gasteiger partial charge in [0.05, 0.1) is 0 Å². The second kappa shape index (κ2) is 9.25. The zero-order chi connectivity index (χ0) is 14.9. The van der Waals surface area contributed by atoms with E-state index in [1.165, 1.54) is 13.8 Å². The van der Waals surface area contributed by atoms with E-state index in [0.717, 1.165) is 0 Å². The van der Waals surface area contributed by atoms with Gasteiger partial charge in [0.25, 0.3) is 0 Å². The van der Waals surface area contributed by atoms with E-state index in [4.69, 9.17) is 21.7 Å². The van der Waals surface area contributed by atoms with Crippen molar-refractivity contribution in [2.75, 3.05) is 0 Å². The van der Waals surface area contributed by atoms with Crippen LogP contribution in [0.15, 0.2) is 0 Å². The Hall–Kier alpha value is -1.80. The summed E-state index contributed by atoms with van der Waals surface area (Å²) < 4.78 is 0. The molecule has 0 bridgehead atoms. The third kappa shape index (κ3) is 12.3. The fourth-order valence-corrected chi connectivity index (χ4v) is 0.794. The van der Waals surface area contributed by atoms with Crippen LogP contribution in [-0.2, 0) is 19.2 Å². The zero-order valence-electron chi connectivity index (χ0n) is 10.3. The molecule has 0 saturated carbocycles. The summed E-state index contributed by atoms with van der Waals surface area (Å²) in [5.74, 6) is -2.68. The first-order valence-corrected chi connectivity index (χ1v) is 5.03. The van der Waals surface area contributed by atoms with Gasteiger partial charge in [-0.25, -0.2) is 0 Å². The quantitative estimate of drug-likeness (QED) is 0.461. The van der Waals surface area contributed by atoms with E-state index in [2.05, 4.69) is 0 Å². The Labute approximate surface area is 104 Å². The molecule has 2 unspecified atom stereocenters. The third-order valence-electron chi connectivity index (χ3n) is 1.65. The molecule has 8 heteroatoms. The smallest absolute Gasteiger partial charge is 0.320 e. The molecule has 0 rings (SSSR count). The third-order valence-corrected chi connectivity index (χ3v) is 1.65. The van der Waals surface area contributed by atoms with Crippen molar-refractivity contribution >= 4 is 23.5 Å². The van der Waals surface area contributed by atoms with Gasteiger partial charge >= 0.3 is 11.9 Å². The molecule has 6 N–H and O–H groups in total. The molecule has 0 aliphatic carbocycles. The highest BCUT2D eigenvalue weighted by Crippen LogP contribution is 1.88. The van der Waals surface area contributed by atoms with Crippen LogP contribution in [0.4, 0.5) is 0 Å². The summed E-state index contributed by atoms with van der Waals surface area (Å²) in [7, 11) is 0. The van der Waals surface area contributed by atoms with Crippen molar-refractivity contribution in [2.24, 2.45) is 11.5 Å². The fraction of sp³-hybridized carbons (Fsp3) is 0.600. The van der Waals surface area contributed by atoms with Gasteiger partial charge in [-0.2, -0.15) is 0 Å². The van der Waals surface area contributed by atoms with Crippen LogP contribution < -0.4 is 11.5 Å². The van der Waals surface area contributed by atoms with Gasteiger partial charge in [0.15, 0.2) is 0 Å². The molecule has 0 saturated heterocycles. The van der Waals surface area contributed by atoms with E-state index in [-0.39, 0.29) is 24.4 Å². The summed E-state index contributed by atoms with van der Waals surface area (Å²) in [5.41, 5.74) is 9.99. The molecular formula is C10H18N2O6. The van der Waals surface area contributed by atoms with E-state index in [1.54, 1.807) is 0 Å². The molecule has 104 valence electrons. The second-order valence-electron chi connectivity index (χ2n) is 3.70. The standard InChI is InChI=1S/2C5H9NO3/c2*1-3(7)2-4(6)5(8)9/h2*4H,2,6H2,1H3,(H,8,9). The molecule has 0 heterocycles. The number of ketones is 2. The molecule has 0 fully saturated rings. The lowest BCUT2D eigenvalue weighted by Crippen LogP contribution is -2.31. The largest absolute Gasteiger partial charge is 0.480 e. The predicted molar refractivity (Wildman–Crippen MR) is 61.8 cm³/mol. The Morgan fingerprint density at radius 2 is 1.06 bits per heavy atom. The van der Waals surface area contributed by atoms with Crippen molar-refractivity contribution in [3.8, 4) is 0 Å². The monoisotopic (exact) mass is 262 g/mol. The second-order valence-corrected chi connectivity index (χ2v) is 3.70. The van der Waals surface area contributed by atoms with Gasteiger partial charge in [-0.3, -0.25) is 19.2 Å². The van der Waals surface area contributed by atoms with Crippen LogP contribution in [0.2, 0.25) is 0 Å². The summed E-state index contributed by atoms with van der Waals surface area (Å²) in [6.07, 6.45) is -0.176. The molecule has 0 radical (unpaired) electrons. The molecule has 0 aromatic heterocycles. The van der Waals surface area contributed by atoms with E-state index in [1.807, 2.05) is 0 Å². The maximum absolute atomic E-state index is 10.2. The van der Waals surface area contributed by atoms with Gasteiger partial charge < -0.3 is 21.7 Å². The van der Waals surface area contributed by atoms with E-state index >= 15 is 0 Å². The minimum Gasteiger partial charge on any atom is -0.480 e. The topological polar surface area (TPSA) is 161 Å². The SMILES string of the molecule is CC(=O)CC(N)C(=O)O.CC(=O)CC(N)C(=O)O. The maximum Gasteiger partial charge on any atom is 0.320 e. The maximum atomic E-state index is 10.2. The number of carbonyl (C=O) groups excluding carboxylic acids is 2. The van der Waals surface area contributed by atoms with Crippen LogP contribution in [0.3, 0.4) is 0 Å². The first-order valence-electron chi connectivity index (χ1n) is 5.03. The van der Waals surface area contributed by atoms with Crippen LogP contribution in [0.25, 0.3) is 0 Å². The van der Waals surface area contributed by atoms with E-state index < -0.39 is 24.0 Å². The lowest BCUT2D eigenvalue weighted by molar-refractivity contribution is -0.140. The Balaban J connectivity index is 0. The van der Waals surface area contributed by atoms with Crippen molar-refractivity contribution in [2.45, 2.75) is 38.8 Å². The van der Waals surface area contributed by atoms with Crippen molar-refractivity contribution in [3.05, 3.63) is 0 Å². The minimum atomic E-state index is -1.13. The number of nitrogens with two attached hydrogens (primary N) is 2. The number of Topliss-reactive ketones (excluding diaryl/α,β-unsaturated/α-hetero) is 2. The molecular weight excluding hydrogens is 244 g/mol. The van der Waals surface area contributed by atoms with Crippen LogP contribution in [0.1, 0.15) is 26.7 Å². The van der Waals surface area contributed by atoms with Gasteiger partial charge in [0.1, 0.15) is 23.7 Å². The summed E-state index contributed by atoms with van der Waals surface area (Å²) in [6.45, 7) is 2.62. The highest BCUT2D eigenvalue weighted by Gasteiger charge is 2.13. The molecule has 18 heavy (non-hydrogen) atoms. The highest BCUT2D eigenvalue weighted by molar-refractivity contribution is 5.84. The molecule has 0 aliphatic heterocycles. The number of carbonyl (C=O) groups is 4. The lowest BCUT2D eigenvalue weighted by atomic mass is 10.2. The van der Waals surface area contributed by atoms with Crippen molar-refractivity contribution in [1.82, 2.24) is 0 Å². The first kappa shape index (κ1) is 18.6. The number of carboxylic acids is 2. The van der Waals surface area contributed by atoms with Crippen LogP contribution in [0, 0.1) is 0 Å². The average Bonchev–Trinajstić information content (AvgIpc) is 2.16. The number of aliphatic carboxylic acids is 2. The van der Waals surface area contributed by atoms with Gasteiger partial charge in [-0.1, -0.05) is 0 Å². The summed E-state index contributed by atoms with van der Waals surface area (Å²) in [5, 5.41) is 16.3. The molecule has 0 amide bonds. The highest BCUT2D eigenvalue weighted by atomic mass is 16.4. The Morgan fingerprint density at radius 1 is 0.833 bits per heavy atom. The molecule has 0 spiro atoms. The average molecular weight is 262 g/mol. The fourth-order valence-electron chi connectivity index (χ4n) is 0.794. The number of carboxylic acid groups (broad SMARTS) is 2. The van der Waals surface area contributed by atoms with Gasteiger partial charge in [0, 0.05) is 12.8 Å². The lowest BCUT2D eigenvalue weighted by Gasteiger charge is -2.00. The Kier molecular flexibility index (Phi) is 9.54. The van der Waals surface area contributed by atoms with Gasteiger partial charge in [-0.15, -0.1) is 0 Å². The zero-order valence-corrected chi connectivity index (χ0v) is 10.3. The Bertz CT molecular complexity index is 296. The van der Waals surface area contributed by atoms with E-state index in [0.29, 0.717) is 0 Å². The number of rotatable bonds is 6. The number of hydrogen-bond acceptors (Lipinski definition) is 6. The Morgan fingerprint density at radius 3 is 1.11 bits per heavy atom. The van der Waals surface area contributed by atoms with Crippen LogP contribution in [0.5, 0.6) is 0 Å². The molecule has 2 atom stereocenters. The normalized spacial score (nSPS) is 12.7. The minimum absolute atomic E-state index is 0.0880. The summed E-state index contributed by atoms with van der Waals surface area (Å²) >= 11 is 0. The van der Waals surface area contributed by atoms with Gasteiger partial charge in [-0.05, 0) is 13.8 Å². The molecule has 0 aromatic carbocycles. The first-order chi connectivity index (χ1) is 8.07. The van der Waals surface area contributed by atoms with E-state index in [9.17, 15) is 19.2 Å².